The second-order valence-electron chi connectivity index (χ2n) is 14.8. The van der Waals surface area contributed by atoms with Crippen LogP contribution in [0.15, 0.2) is 172 Å². The van der Waals surface area contributed by atoms with Crippen molar-refractivity contribution in [2.24, 2.45) is 35.8 Å². The number of hydrogen-bond acceptors (Lipinski definition) is 18. The van der Waals surface area contributed by atoms with Gasteiger partial charge in [-0.1, -0.05) is 24.3 Å². The molecule has 0 saturated carbocycles. The number of nitrogens with one attached hydrogen (secondary N) is 1. The van der Waals surface area contributed by atoms with E-state index in [-0.39, 0.29) is 163 Å². The molecule has 1 radical (unpaired) electrons. The summed E-state index contributed by atoms with van der Waals surface area (Å²) in [6, 6.07) is 25.9. The molecule has 7 N–H and O–H groups in total. The molecule has 1 heterocycles. The number of hydrogen-bond donors (Lipinski definition) is 7. The van der Waals surface area contributed by atoms with Crippen molar-refractivity contribution in [3.8, 4) is 11.5 Å². The Hall–Kier alpha value is -4.88. The quantitative estimate of drug-likeness (QED) is 0.0467. The number of benzene rings is 7. The average Bonchev–Trinajstić information content (AvgIpc) is 3.58. The maximum Gasteiger partial charge on any atom is 1.00 e. The van der Waals surface area contributed by atoms with Crippen molar-refractivity contribution in [1.82, 2.24) is 0 Å². The van der Waals surface area contributed by atoms with Crippen LogP contribution in [0.5, 0.6) is 11.5 Å². The number of carboxylic acids is 1. The number of rotatable bonds is 13. The van der Waals surface area contributed by atoms with Gasteiger partial charge in [0.2, 0.25) is 0 Å². The summed E-state index contributed by atoms with van der Waals surface area (Å²) in [4.78, 5) is 23.0. The number of carboxylic acid groups (broad SMARTS) is 1. The van der Waals surface area contributed by atoms with Crippen LogP contribution >= 0.6 is 0 Å². The van der Waals surface area contributed by atoms with Crippen LogP contribution in [0.25, 0.3) is 21.5 Å². The fourth-order valence-corrected chi connectivity index (χ4v) is 8.59. The van der Waals surface area contributed by atoms with Crippen LogP contribution in [0.3, 0.4) is 0 Å². The molecule has 0 spiro atoms. The van der Waals surface area contributed by atoms with Crippen LogP contribution in [0.4, 0.5) is 45.5 Å². The smallest absolute Gasteiger partial charge is 0.506 e. The van der Waals surface area contributed by atoms with Gasteiger partial charge in [0.25, 0.3) is 36.3 Å². The molecule has 7 aromatic rings. The van der Waals surface area contributed by atoms with Crippen LogP contribution in [-0.4, -0.2) is 77.9 Å². The molecule has 8 rings (SSSR count). The SMILES string of the molecule is CC1=NN(c2ccc(N=Nc3cc(O)c(N=Nc4c(S(=O)(=O)O)cc5cc(Nc6ccccc6)ccc5c4O)c4ccc(S(=O)(=O)O)cc34)cc2)C(=O)C1N=Nc1ccc(S(=O)(=O)O)cc1C(=O)O.[Cu].[H+].[Na+].[Na+].[Na+]. The predicted molar refractivity (Wildman–Crippen MR) is 249 cm³/mol. The van der Waals surface area contributed by atoms with E-state index in [0.717, 1.165) is 53.2 Å². The second-order valence-corrected chi connectivity index (χ2v) is 19.0. The van der Waals surface area contributed by atoms with Crippen LogP contribution in [0.1, 0.15) is 18.7 Å². The first-order valence-corrected chi connectivity index (χ1v) is 23.8. The van der Waals surface area contributed by atoms with E-state index < -0.39 is 85.7 Å². The number of anilines is 3. The van der Waals surface area contributed by atoms with E-state index in [1.807, 2.05) is 6.07 Å². The van der Waals surface area contributed by atoms with Gasteiger partial charge in [0.15, 0.2) is 11.8 Å². The molecule has 1 unspecified atom stereocenters. The molecule has 1 aliphatic rings. The molecular weight excluding hydrogens is 1100 g/mol. The number of phenols is 2. The zero-order valence-electron chi connectivity index (χ0n) is 39.2. The first-order valence-electron chi connectivity index (χ1n) is 19.5. The van der Waals surface area contributed by atoms with E-state index in [9.17, 15) is 63.8 Å². The van der Waals surface area contributed by atoms with E-state index in [1.165, 1.54) is 43.3 Å². The first-order chi connectivity index (χ1) is 32.6. The molecule has 1 atom stereocenters. The first kappa shape index (κ1) is 60.7. The summed E-state index contributed by atoms with van der Waals surface area (Å²) in [5.41, 5.74) is -0.367. The zero-order valence-corrected chi connectivity index (χ0v) is 47.6. The van der Waals surface area contributed by atoms with Crippen molar-refractivity contribution in [1.29, 1.82) is 0 Å². The van der Waals surface area contributed by atoms with Gasteiger partial charge >= 0.3 is 96.1 Å². The minimum absolute atomic E-state index is 0. The molecule has 30 heteroatoms. The molecule has 1 aliphatic heterocycles. The summed E-state index contributed by atoms with van der Waals surface area (Å²) in [6.07, 6.45) is 0. The number of aromatic hydroxyl groups is 2. The van der Waals surface area contributed by atoms with Gasteiger partial charge in [0.05, 0.1) is 43.8 Å². The summed E-state index contributed by atoms with van der Waals surface area (Å²) >= 11 is 0. The third kappa shape index (κ3) is 13.5. The minimum atomic E-state index is -5.06. The minimum Gasteiger partial charge on any atom is -0.506 e. The van der Waals surface area contributed by atoms with Crippen molar-refractivity contribution < 1.29 is 171 Å². The molecule has 0 aromatic heterocycles. The third-order valence-corrected chi connectivity index (χ3v) is 12.8. The molecule has 73 heavy (non-hydrogen) atoms. The molecule has 1 amide bonds. The van der Waals surface area contributed by atoms with Gasteiger partial charge in [-0.05, 0) is 103 Å². The van der Waals surface area contributed by atoms with Crippen LogP contribution in [0.2, 0.25) is 0 Å². The van der Waals surface area contributed by atoms with Crippen LogP contribution < -0.4 is 99.0 Å². The summed E-state index contributed by atoms with van der Waals surface area (Å²) in [5.74, 6) is -3.59. The van der Waals surface area contributed by atoms with Gasteiger partial charge < -0.3 is 20.6 Å². The average molecular weight is 1130 g/mol. The van der Waals surface area contributed by atoms with Crippen molar-refractivity contribution in [3.63, 3.8) is 0 Å². The van der Waals surface area contributed by atoms with E-state index in [0.29, 0.717) is 11.8 Å². The number of fused-ring (bicyclic) bond motifs is 2. The number of phenolic OH excluding ortho intramolecular Hbond substituents is 2. The molecule has 23 nitrogen and oxygen atoms in total. The maximum atomic E-state index is 13.4. The summed E-state index contributed by atoms with van der Waals surface area (Å²) in [5, 5.41) is 64.7. The largest absolute Gasteiger partial charge is 1.00 e. The van der Waals surface area contributed by atoms with Crippen molar-refractivity contribution >= 4 is 115 Å². The number of carbonyl (C=O) groups excluding carboxylic acids is 1. The molecule has 0 bridgehead atoms. The Morgan fingerprint density at radius 3 is 1.89 bits per heavy atom. The molecule has 361 valence electrons. The number of amides is 1. The zero-order chi connectivity index (χ0) is 49.6. The molecular formula is C43H32CuN9Na3O14S3+4. The Kier molecular flexibility index (Phi) is 20.1. The fraction of sp³-hybridized carbons (Fsp3) is 0.0465. The van der Waals surface area contributed by atoms with Gasteiger partial charge in [0.1, 0.15) is 22.0 Å². The second kappa shape index (κ2) is 24.2. The van der Waals surface area contributed by atoms with Gasteiger partial charge in [-0.15, -0.1) is 15.3 Å². The summed E-state index contributed by atoms with van der Waals surface area (Å²) in [7, 11) is -14.6. The number of para-hydroxylation sites is 1. The van der Waals surface area contributed by atoms with Crippen LogP contribution in [-0.2, 0) is 52.2 Å². The number of aromatic carboxylic acids is 1. The Balaban J connectivity index is 0.00000289. The monoisotopic (exact) mass is 1130 g/mol. The summed E-state index contributed by atoms with van der Waals surface area (Å²) < 4.78 is 102. The van der Waals surface area contributed by atoms with Crippen LogP contribution in [0, 0.1) is 0 Å². The summed E-state index contributed by atoms with van der Waals surface area (Å²) in [6.45, 7) is 1.47. The van der Waals surface area contributed by atoms with E-state index in [2.05, 4.69) is 41.1 Å². The third-order valence-electron chi connectivity index (χ3n) is 10.2. The topological polar surface area (TPSA) is 360 Å². The Bertz CT molecular complexity index is 3810. The normalized spacial score (nSPS) is 13.9. The maximum absolute atomic E-state index is 13.4. The van der Waals surface area contributed by atoms with Gasteiger partial charge in [-0.3, -0.25) is 18.5 Å². The molecule has 0 saturated heterocycles. The van der Waals surface area contributed by atoms with Gasteiger partial charge in [0, 0.05) is 50.7 Å². The Morgan fingerprint density at radius 2 is 1.26 bits per heavy atom. The van der Waals surface area contributed by atoms with E-state index in [4.69, 9.17) is 0 Å². The molecule has 7 aromatic carbocycles. The standard InChI is InChI=1S/C43H31N9O14S3.Cu.3Na/c1-22-38(48-46-34-16-13-29(68(61,62)63)20-33(34)43(56)57)42(55)52(51-22)27-10-7-25(8-11-27)45-47-35-21-36(53)39(31-15-12-28(19-32(31)35)67(58,59)60)49-50-40-37(69(64,65)66)18-23-17-26(9-14-30(23)41(40)54)44-24-5-3-2-4-6-24;;;;/h2-21,38,44,53-54H,1H3,(H,56,57)(H,58,59,60)(H,61,62,63)(H,64,65,66);;;;/q;;3*+1/p+1. The van der Waals surface area contributed by atoms with Crippen molar-refractivity contribution in [2.75, 3.05) is 10.3 Å². The van der Waals surface area contributed by atoms with Crippen molar-refractivity contribution in [2.45, 2.75) is 27.7 Å². The van der Waals surface area contributed by atoms with Gasteiger partial charge in [-0.25, -0.2) is 4.79 Å². The predicted octanol–water partition coefficient (Wildman–Crippen LogP) is 0.414. The number of azo groups is 3. The fourth-order valence-electron chi connectivity index (χ4n) is 6.91. The van der Waals surface area contributed by atoms with Gasteiger partial charge in [-0.2, -0.15) is 50.7 Å². The van der Waals surface area contributed by atoms with E-state index >= 15 is 0 Å². The van der Waals surface area contributed by atoms with E-state index in [1.54, 1.807) is 30.3 Å². The Labute approximate surface area is 492 Å². The Morgan fingerprint density at radius 1 is 0.644 bits per heavy atom. The number of nitrogens with zero attached hydrogens (tertiary/aromatic N) is 8. The van der Waals surface area contributed by atoms with Crippen molar-refractivity contribution in [3.05, 3.63) is 127 Å². The number of hydrazone groups is 1. The number of carbonyl (C=O) groups is 2. The molecule has 0 fully saturated rings. The molecule has 0 aliphatic carbocycles.